The smallest absolute Gasteiger partial charge is 0.406 e. The van der Waals surface area contributed by atoms with Crippen molar-refractivity contribution in [1.29, 1.82) is 0 Å². The van der Waals surface area contributed by atoms with E-state index in [9.17, 15) is 31.9 Å². The van der Waals surface area contributed by atoms with Gasteiger partial charge in [-0.15, -0.1) is 13.2 Å². The van der Waals surface area contributed by atoms with E-state index in [0.717, 1.165) is 24.3 Å². The molecule has 0 unspecified atom stereocenters. The van der Waals surface area contributed by atoms with Gasteiger partial charge in [0.2, 0.25) is 0 Å². The molecule has 1 N–H and O–H groups in total. The van der Waals surface area contributed by atoms with Gasteiger partial charge in [-0.1, -0.05) is 6.07 Å². The lowest BCUT2D eigenvalue weighted by Gasteiger charge is -2.39. The number of urea groups is 1. The first kappa shape index (κ1) is 24.4. The lowest BCUT2D eigenvalue weighted by atomic mass is 9.85. The Hall–Kier alpha value is -3.74. The fraction of sp³-hybridized carbons (Fsp3) is 0.318. The van der Waals surface area contributed by atoms with Crippen LogP contribution in [-0.2, 0) is 12.1 Å². The molecule has 35 heavy (non-hydrogen) atoms. The van der Waals surface area contributed by atoms with Crippen LogP contribution in [-0.4, -0.2) is 56.3 Å². The second-order valence-electron chi connectivity index (χ2n) is 7.99. The van der Waals surface area contributed by atoms with Gasteiger partial charge in [-0.25, -0.2) is 23.2 Å². The number of hydrogen-bond acceptors (Lipinski definition) is 5. The van der Waals surface area contributed by atoms with Crippen LogP contribution in [0.25, 0.3) is 0 Å². The number of rotatable bonds is 7. The van der Waals surface area contributed by atoms with Crippen LogP contribution in [0.15, 0.2) is 55.1 Å². The van der Waals surface area contributed by atoms with Crippen molar-refractivity contribution >= 4 is 11.7 Å². The minimum atomic E-state index is -4.85. The van der Waals surface area contributed by atoms with Gasteiger partial charge in [-0.05, 0) is 37.3 Å². The van der Waals surface area contributed by atoms with Crippen molar-refractivity contribution in [2.75, 3.05) is 18.0 Å². The van der Waals surface area contributed by atoms with Crippen LogP contribution in [0.2, 0.25) is 0 Å². The number of anilines is 1. The second kappa shape index (κ2) is 9.13. The van der Waals surface area contributed by atoms with E-state index >= 15 is 0 Å². The van der Waals surface area contributed by atoms with E-state index in [1.54, 1.807) is 0 Å². The summed E-state index contributed by atoms with van der Waals surface area (Å²) in [6, 6.07) is 5.93. The predicted octanol–water partition coefficient (Wildman–Crippen LogP) is 3.67. The summed E-state index contributed by atoms with van der Waals surface area (Å²) >= 11 is 0. The van der Waals surface area contributed by atoms with Crippen molar-refractivity contribution in [2.45, 2.75) is 31.5 Å². The third-order valence-corrected chi connectivity index (χ3v) is 5.85. The maximum absolute atomic E-state index is 14.8. The third kappa shape index (κ3) is 5.04. The maximum Gasteiger partial charge on any atom is 0.573 e. The van der Waals surface area contributed by atoms with E-state index in [2.05, 4.69) is 14.8 Å². The Kier molecular flexibility index (Phi) is 6.36. The zero-order valence-corrected chi connectivity index (χ0v) is 18.3. The maximum atomic E-state index is 14.8. The van der Waals surface area contributed by atoms with Gasteiger partial charge in [0.1, 0.15) is 35.6 Å². The number of aliphatic hydroxyl groups is 1. The molecule has 0 bridgehead atoms. The van der Waals surface area contributed by atoms with Crippen LogP contribution < -0.4 is 9.64 Å². The summed E-state index contributed by atoms with van der Waals surface area (Å²) in [5, 5.41) is 15.6. The van der Waals surface area contributed by atoms with Crippen molar-refractivity contribution in [2.24, 2.45) is 0 Å². The highest BCUT2D eigenvalue weighted by Crippen LogP contribution is 2.35. The molecule has 0 aliphatic carbocycles. The van der Waals surface area contributed by atoms with E-state index in [1.807, 2.05) is 0 Å². The lowest BCUT2D eigenvalue weighted by Crippen LogP contribution is -2.53. The number of alkyl halides is 3. The van der Waals surface area contributed by atoms with E-state index in [4.69, 9.17) is 0 Å². The Balaban J connectivity index is 1.60. The molecule has 3 aromatic rings. The highest BCUT2D eigenvalue weighted by Gasteiger charge is 2.46. The normalized spacial score (nSPS) is 16.9. The first-order chi connectivity index (χ1) is 16.5. The molecule has 2 amide bonds. The molecule has 0 saturated carbocycles. The van der Waals surface area contributed by atoms with Crippen LogP contribution in [0.5, 0.6) is 5.75 Å². The molecular weight excluding hydrogens is 477 g/mol. The number of nitrogens with zero attached hydrogens (tertiary/aromatic N) is 5. The molecule has 186 valence electrons. The van der Waals surface area contributed by atoms with Crippen LogP contribution in [0.1, 0.15) is 12.5 Å². The van der Waals surface area contributed by atoms with Gasteiger partial charge in [0, 0.05) is 30.4 Å². The molecule has 1 aromatic heterocycles. The molecular formula is C22H20F5N5O3. The second-order valence-corrected chi connectivity index (χ2v) is 7.99. The number of carbonyl (C=O) groups excluding carboxylic acids is 1. The van der Waals surface area contributed by atoms with Crippen molar-refractivity contribution < 1.29 is 36.6 Å². The van der Waals surface area contributed by atoms with Crippen LogP contribution in [0, 0.1) is 11.6 Å². The quantitative estimate of drug-likeness (QED) is 0.504. The number of hydrogen-bond donors (Lipinski definition) is 1. The van der Waals surface area contributed by atoms with Gasteiger partial charge in [-0.3, -0.25) is 4.90 Å². The summed E-state index contributed by atoms with van der Waals surface area (Å²) in [6.07, 6.45) is -2.32. The summed E-state index contributed by atoms with van der Waals surface area (Å²) in [5.41, 5.74) is -1.95. The highest BCUT2D eigenvalue weighted by molar-refractivity contribution is 5.94. The first-order valence-corrected chi connectivity index (χ1v) is 10.4. The summed E-state index contributed by atoms with van der Waals surface area (Å²) < 4.78 is 70.6. The standard InChI is InChI=1S/C22H20F5N5O3/c1-14(21(34,11-30-13-28-12-29-30)18-7-2-15(23)10-19(18)24)31-8-9-32(20(31)33)16-3-5-17(6-4-16)35-22(25,26)27/h2-7,10,12-14,34H,8-9,11H2,1H3/t14-,21-/m1/s1. The monoisotopic (exact) mass is 497 g/mol. The zero-order chi connectivity index (χ0) is 25.4. The average molecular weight is 497 g/mol. The Labute approximate surface area is 196 Å². The Morgan fingerprint density at radius 1 is 1.11 bits per heavy atom. The number of ether oxygens (including phenoxy) is 1. The fourth-order valence-corrected chi connectivity index (χ4v) is 4.08. The lowest BCUT2D eigenvalue weighted by molar-refractivity contribution is -0.274. The molecule has 2 heterocycles. The van der Waals surface area contributed by atoms with Crippen LogP contribution >= 0.6 is 0 Å². The summed E-state index contributed by atoms with van der Waals surface area (Å²) in [7, 11) is 0. The van der Waals surface area contributed by atoms with Gasteiger partial charge in [0.05, 0.1) is 12.6 Å². The minimum absolute atomic E-state index is 0.128. The van der Waals surface area contributed by atoms with E-state index in [0.29, 0.717) is 11.8 Å². The summed E-state index contributed by atoms with van der Waals surface area (Å²) in [6.45, 7) is 1.52. The third-order valence-electron chi connectivity index (χ3n) is 5.85. The molecule has 1 aliphatic heterocycles. The van der Waals surface area contributed by atoms with Gasteiger partial charge < -0.3 is 14.7 Å². The van der Waals surface area contributed by atoms with Gasteiger partial charge >= 0.3 is 12.4 Å². The molecule has 8 nitrogen and oxygen atoms in total. The SMILES string of the molecule is C[C@@H](N1CCN(c2ccc(OC(F)(F)F)cc2)C1=O)[C@](O)(Cn1cncn1)c1ccc(F)cc1F. The molecule has 1 aliphatic rings. The minimum Gasteiger partial charge on any atom is -0.406 e. The van der Waals surface area contributed by atoms with Crippen molar-refractivity contribution in [3.05, 3.63) is 72.3 Å². The molecule has 4 rings (SSSR count). The Morgan fingerprint density at radius 3 is 2.43 bits per heavy atom. The average Bonchev–Trinajstić information content (AvgIpc) is 3.42. The van der Waals surface area contributed by atoms with Gasteiger partial charge in [0.25, 0.3) is 0 Å². The van der Waals surface area contributed by atoms with Gasteiger partial charge in [0.15, 0.2) is 0 Å². The predicted molar refractivity (Wildman–Crippen MR) is 112 cm³/mol. The number of aromatic nitrogens is 3. The molecule has 2 aromatic carbocycles. The Morgan fingerprint density at radius 2 is 1.83 bits per heavy atom. The van der Waals surface area contributed by atoms with E-state index in [1.165, 1.54) is 46.2 Å². The zero-order valence-electron chi connectivity index (χ0n) is 18.3. The fourth-order valence-electron chi connectivity index (χ4n) is 4.08. The molecule has 2 atom stereocenters. The number of amides is 2. The largest absolute Gasteiger partial charge is 0.573 e. The van der Waals surface area contributed by atoms with Gasteiger partial charge in [-0.2, -0.15) is 5.10 Å². The van der Waals surface area contributed by atoms with Crippen molar-refractivity contribution in [3.63, 3.8) is 0 Å². The Bertz CT molecular complexity index is 1190. The molecule has 13 heteroatoms. The van der Waals surface area contributed by atoms with Crippen molar-refractivity contribution in [3.8, 4) is 5.75 Å². The molecule has 1 fully saturated rings. The van der Waals surface area contributed by atoms with Crippen LogP contribution in [0.3, 0.4) is 0 Å². The van der Waals surface area contributed by atoms with Crippen LogP contribution in [0.4, 0.5) is 32.4 Å². The number of carbonyl (C=O) groups is 1. The van der Waals surface area contributed by atoms with E-state index < -0.39 is 41.4 Å². The molecule has 1 saturated heterocycles. The highest BCUT2D eigenvalue weighted by atomic mass is 19.4. The topological polar surface area (TPSA) is 83.7 Å². The van der Waals surface area contributed by atoms with Crippen molar-refractivity contribution in [1.82, 2.24) is 19.7 Å². The molecule has 0 radical (unpaired) electrons. The van der Waals surface area contributed by atoms with E-state index in [-0.39, 0.29) is 25.2 Å². The first-order valence-electron chi connectivity index (χ1n) is 10.4. The number of benzene rings is 2. The molecule has 0 spiro atoms. The summed E-state index contributed by atoms with van der Waals surface area (Å²) in [5.74, 6) is -2.27. The summed E-state index contributed by atoms with van der Waals surface area (Å²) in [4.78, 5) is 19.6. The number of halogens is 5.